The number of hydrogen-bond donors (Lipinski definition) is 2. The summed E-state index contributed by atoms with van der Waals surface area (Å²) in [5, 5.41) is 7.77. The SMILES string of the molecule is CCCC1CCCCN1CCn1cc(C(=O)NN)nn1. The fraction of sp³-hybridized carbons (Fsp3) is 0.769. The Balaban J connectivity index is 1.87. The van der Waals surface area contributed by atoms with Crippen LogP contribution in [0.3, 0.4) is 0 Å². The molecule has 0 saturated carbocycles. The van der Waals surface area contributed by atoms with Gasteiger partial charge in [-0.15, -0.1) is 5.10 Å². The van der Waals surface area contributed by atoms with Gasteiger partial charge in [0.2, 0.25) is 0 Å². The summed E-state index contributed by atoms with van der Waals surface area (Å²) in [7, 11) is 0. The predicted octanol–water partition coefficient (Wildman–Crippen LogP) is 0.536. The van der Waals surface area contributed by atoms with Gasteiger partial charge in [-0.1, -0.05) is 25.0 Å². The van der Waals surface area contributed by atoms with Crippen LogP contribution in [-0.4, -0.2) is 44.9 Å². The number of hydrazine groups is 1. The highest BCUT2D eigenvalue weighted by Gasteiger charge is 2.21. The van der Waals surface area contributed by atoms with Gasteiger partial charge in [-0.3, -0.25) is 19.8 Å². The van der Waals surface area contributed by atoms with Crippen LogP contribution in [0, 0.1) is 0 Å². The molecule has 0 spiro atoms. The second kappa shape index (κ2) is 7.35. The number of piperidine rings is 1. The zero-order valence-corrected chi connectivity index (χ0v) is 12.1. The van der Waals surface area contributed by atoms with Gasteiger partial charge in [0, 0.05) is 12.6 Å². The Kier molecular flexibility index (Phi) is 5.49. The lowest BCUT2D eigenvalue weighted by molar-refractivity contribution is 0.0948. The zero-order chi connectivity index (χ0) is 14.4. The summed E-state index contributed by atoms with van der Waals surface area (Å²) in [5.74, 6) is 4.67. The number of rotatable bonds is 6. The lowest BCUT2D eigenvalue weighted by atomic mass is 9.98. The molecule has 1 atom stereocenters. The van der Waals surface area contributed by atoms with Crippen LogP contribution in [0.5, 0.6) is 0 Å². The van der Waals surface area contributed by atoms with E-state index in [1.807, 2.05) is 0 Å². The van der Waals surface area contributed by atoms with Gasteiger partial charge in [-0.25, -0.2) is 5.84 Å². The van der Waals surface area contributed by atoms with E-state index >= 15 is 0 Å². The monoisotopic (exact) mass is 280 g/mol. The van der Waals surface area contributed by atoms with Crippen LogP contribution in [0.15, 0.2) is 6.20 Å². The summed E-state index contributed by atoms with van der Waals surface area (Å²) < 4.78 is 1.71. The van der Waals surface area contributed by atoms with Crippen molar-refractivity contribution in [1.29, 1.82) is 0 Å². The van der Waals surface area contributed by atoms with Gasteiger partial charge in [-0.2, -0.15) is 0 Å². The second-order valence-corrected chi connectivity index (χ2v) is 5.31. The van der Waals surface area contributed by atoms with Gasteiger partial charge in [0.1, 0.15) is 0 Å². The molecule has 1 aromatic heterocycles. The minimum atomic E-state index is -0.405. The quantitative estimate of drug-likeness (QED) is 0.451. The van der Waals surface area contributed by atoms with Gasteiger partial charge in [0.05, 0.1) is 12.7 Å². The summed E-state index contributed by atoms with van der Waals surface area (Å²) in [5.41, 5.74) is 2.32. The summed E-state index contributed by atoms with van der Waals surface area (Å²) >= 11 is 0. The number of aromatic nitrogens is 3. The van der Waals surface area contributed by atoms with Crippen molar-refractivity contribution < 1.29 is 4.79 Å². The normalized spacial score (nSPS) is 20.0. The molecular weight excluding hydrogens is 256 g/mol. The molecule has 2 heterocycles. The first-order valence-corrected chi connectivity index (χ1v) is 7.39. The van der Waals surface area contributed by atoms with Crippen LogP contribution in [-0.2, 0) is 6.54 Å². The first kappa shape index (κ1) is 14.9. The largest absolute Gasteiger partial charge is 0.299 e. The Hall–Kier alpha value is -1.47. The molecule has 20 heavy (non-hydrogen) atoms. The molecule has 1 aromatic rings. The molecule has 0 radical (unpaired) electrons. The third kappa shape index (κ3) is 3.77. The molecule has 1 aliphatic rings. The van der Waals surface area contributed by atoms with Crippen molar-refractivity contribution in [3.63, 3.8) is 0 Å². The van der Waals surface area contributed by atoms with Crippen LogP contribution in [0.2, 0.25) is 0 Å². The second-order valence-electron chi connectivity index (χ2n) is 5.31. The molecule has 1 aliphatic heterocycles. The molecule has 1 fully saturated rings. The maximum atomic E-state index is 11.3. The molecule has 7 nitrogen and oxygen atoms in total. The van der Waals surface area contributed by atoms with Crippen molar-refractivity contribution in [2.24, 2.45) is 5.84 Å². The number of nitrogens with zero attached hydrogens (tertiary/aromatic N) is 4. The molecular formula is C13H24N6O. The summed E-state index contributed by atoms with van der Waals surface area (Å²) in [6, 6.07) is 0.698. The van der Waals surface area contributed by atoms with E-state index in [1.54, 1.807) is 10.9 Å². The fourth-order valence-corrected chi connectivity index (χ4v) is 2.83. The topological polar surface area (TPSA) is 89.1 Å². The molecule has 7 heteroatoms. The Morgan fingerprint density at radius 1 is 1.50 bits per heavy atom. The lowest BCUT2D eigenvalue weighted by Gasteiger charge is -2.35. The van der Waals surface area contributed by atoms with Crippen molar-refractivity contribution in [2.45, 2.75) is 51.6 Å². The van der Waals surface area contributed by atoms with E-state index in [9.17, 15) is 4.79 Å². The number of nitrogen functional groups attached to an aromatic ring is 1. The van der Waals surface area contributed by atoms with Gasteiger partial charge in [0.15, 0.2) is 5.69 Å². The number of nitrogens with one attached hydrogen (secondary N) is 1. The molecule has 1 unspecified atom stereocenters. The molecule has 0 aromatic carbocycles. The number of likely N-dealkylation sites (tertiary alicyclic amines) is 1. The average molecular weight is 280 g/mol. The molecule has 1 saturated heterocycles. The van der Waals surface area contributed by atoms with Crippen molar-refractivity contribution >= 4 is 5.91 Å². The standard InChI is InChI=1S/C13H24N6O/c1-2-5-11-6-3-4-7-18(11)8-9-19-10-12(16-17-19)13(20)15-14/h10-11H,2-9,14H2,1H3,(H,15,20). The van der Waals surface area contributed by atoms with Gasteiger partial charge in [-0.05, 0) is 25.8 Å². The third-order valence-electron chi connectivity index (χ3n) is 3.89. The van der Waals surface area contributed by atoms with Crippen LogP contribution in [0.4, 0.5) is 0 Å². The Morgan fingerprint density at radius 3 is 3.10 bits per heavy atom. The van der Waals surface area contributed by atoms with Crippen LogP contribution in [0.1, 0.15) is 49.5 Å². The van der Waals surface area contributed by atoms with Crippen LogP contribution < -0.4 is 11.3 Å². The number of amides is 1. The maximum absolute atomic E-state index is 11.3. The molecule has 3 N–H and O–H groups in total. The summed E-state index contributed by atoms with van der Waals surface area (Å²) in [4.78, 5) is 13.8. The average Bonchev–Trinajstić information content (AvgIpc) is 2.95. The summed E-state index contributed by atoms with van der Waals surface area (Å²) in [6.07, 6.45) is 8.04. The highest BCUT2D eigenvalue weighted by molar-refractivity contribution is 5.91. The van der Waals surface area contributed by atoms with E-state index in [1.165, 1.54) is 32.1 Å². The molecule has 1 amide bonds. The Morgan fingerprint density at radius 2 is 2.35 bits per heavy atom. The van der Waals surface area contributed by atoms with E-state index in [-0.39, 0.29) is 5.69 Å². The highest BCUT2D eigenvalue weighted by Crippen LogP contribution is 2.20. The van der Waals surface area contributed by atoms with E-state index in [4.69, 9.17) is 5.84 Å². The number of hydrogen-bond acceptors (Lipinski definition) is 5. The van der Waals surface area contributed by atoms with E-state index < -0.39 is 5.91 Å². The smallest absolute Gasteiger partial charge is 0.287 e. The first-order chi connectivity index (χ1) is 9.74. The number of carbonyl (C=O) groups excluding carboxylic acids is 1. The number of carbonyl (C=O) groups is 1. The van der Waals surface area contributed by atoms with Crippen molar-refractivity contribution in [3.8, 4) is 0 Å². The number of nitrogens with two attached hydrogens (primary N) is 1. The highest BCUT2D eigenvalue weighted by atomic mass is 16.2. The van der Waals surface area contributed by atoms with Gasteiger partial charge in [0.25, 0.3) is 5.91 Å². The molecule has 0 aliphatic carbocycles. The van der Waals surface area contributed by atoms with Crippen molar-refractivity contribution in [2.75, 3.05) is 13.1 Å². The Bertz CT molecular complexity index is 430. The molecule has 0 bridgehead atoms. The van der Waals surface area contributed by atoms with E-state index in [0.717, 1.165) is 19.6 Å². The van der Waals surface area contributed by atoms with Gasteiger partial charge >= 0.3 is 0 Å². The Labute approximate surface area is 119 Å². The van der Waals surface area contributed by atoms with Gasteiger partial charge < -0.3 is 0 Å². The first-order valence-electron chi connectivity index (χ1n) is 7.39. The van der Waals surface area contributed by atoms with Crippen molar-refractivity contribution in [3.05, 3.63) is 11.9 Å². The van der Waals surface area contributed by atoms with Crippen LogP contribution >= 0.6 is 0 Å². The predicted molar refractivity (Wildman–Crippen MR) is 75.8 cm³/mol. The third-order valence-corrected chi connectivity index (χ3v) is 3.89. The maximum Gasteiger partial charge on any atom is 0.287 e. The fourth-order valence-electron chi connectivity index (χ4n) is 2.83. The lowest BCUT2D eigenvalue weighted by Crippen LogP contribution is -2.41. The van der Waals surface area contributed by atoms with E-state index in [0.29, 0.717) is 6.04 Å². The summed E-state index contributed by atoms with van der Waals surface area (Å²) in [6.45, 7) is 5.11. The minimum absolute atomic E-state index is 0.260. The molecule has 112 valence electrons. The van der Waals surface area contributed by atoms with Crippen molar-refractivity contribution in [1.82, 2.24) is 25.3 Å². The van der Waals surface area contributed by atoms with Crippen LogP contribution in [0.25, 0.3) is 0 Å². The zero-order valence-electron chi connectivity index (χ0n) is 12.1. The van der Waals surface area contributed by atoms with E-state index in [2.05, 4.69) is 27.6 Å². The molecule has 2 rings (SSSR count). The minimum Gasteiger partial charge on any atom is -0.299 e.